The van der Waals surface area contributed by atoms with E-state index < -0.39 is 14.8 Å². The van der Waals surface area contributed by atoms with E-state index in [-0.39, 0.29) is 21.4 Å². The lowest BCUT2D eigenvalue weighted by atomic mass is 10.3. The van der Waals surface area contributed by atoms with Crippen LogP contribution in [0.5, 0.6) is 0 Å². The summed E-state index contributed by atoms with van der Waals surface area (Å²) in [6.45, 7) is 1.88. The largest absolute Gasteiger partial charge is 0.321 e. The highest BCUT2D eigenvalue weighted by Crippen LogP contribution is 2.29. The van der Waals surface area contributed by atoms with Crippen LogP contribution in [0.1, 0.15) is 15.4 Å². The molecule has 0 aliphatic carbocycles. The molecule has 0 radical (unpaired) electrons. The van der Waals surface area contributed by atoms with Gasteiger partial charge in [-0.25, -0.2) is 8.42 Å². The summed E-state index contributed by atoms with van der Waals surface area (Å²) < 4.78 is 27.2. The summed E-state index contributed by atoms with van der Waals surface area (Å²) >= 11 is 1.32. The number of amides is 1. The molecule has 2 heterocycles. The molecule has 4 aromatic rings. The molecular weight excluding hydrogens is 440 g/mol. The fourth-order valence-electron chi connectivity index (χ4n) is 3.11. The summed E-state index contributed by atoms with van der Waals surface area (Å²) in [6, 6.07) is 12.2. The molecule has 2 aromatic heterocycles. The molecule has 0 aliphatic rings. The van der Waals surface area contributed by atoms with E-state index in [1.165, 1.54) is 47.7 Å². The zero-order valence-corrected chi connectivity index (χ0v) is 18.0. The molecule has 11 heteroatoms. The van der Waals surface area contributed by atoms with Crippen molar-refractivity contribution in [3.8, 4) is 0 Å². The van der Waals surface area contributed by atoms with Crippen LogP contribution in [0.25, 0.3) is 10.2 Å². The number of benzene rings is 2. The molecule has 1 N–H and O–H groups in total. The van der Waals surface area contributed by atoms with E-state index >= 15 is 0 Å². The summed E-state index contributed by atoms with van der Waals surface area (Å²) in [7, 11) is -2.02. The number of rotatable bonds is 5. The normalized spacial score (nSPS) is 11.5. The predicted molar refractivity (Wildman–Crippen MR) is 116 cm³/mol. The van der Waals surface area contributed by atoms with Crippen molar-refractivity contribution in [1.82, 2.24) is 9.78 Å². The maximum Gasteiger partial charge on any atom is 0.269 e. The average Bonchev–Trinajstić information content (AvgIpc) is 3.30. The van der Waals surface area contributed by atoms with Crippen molar-refractivity contribution in [3.05, 3.63) is 75.3 Å². The van der Waals surface area contributed by atoms with Crippen molar-refractivity contribution >= 4 is 48.7 Å². The van der Waals surface area contributed by atoms with Crippen molar-refractivity contribution in [2.45, 2.75) is 16.7 Å². The van der Waals surface area contributed by atoms with Crippen molar-refractivity contribution in [1.29, 1.82) is 0 Å². The highest BCUT2D eigenvalue weighted by atomic mass is 32.2. The second-order valence-corrected chi connectivity index (χ2v) is 9.75. The second kappa shape index (κ2) is 7.60. The number of hydrogen-bond donors (Lipinski definition) is 1. The number of nitrogens with one attached hydrogen (secondary N) is 1. The van der Waals surface area contributed by atoms with Crippen LogP contribution in [0.15, 0.2) is 64.4 Å². The Morgan fingerprint density at radius 3 is 2.23 bits per heavy atom. The monoisotopic (exact) mass is 456 g/mol. The number of non-ortho nitro benzene ring substituents is 1. The topological polar surface area (TPSA) is 124 Å². The highest BCUT2D eigenvalue weighted by molar-refractivity contribution is 7.91. The highest BCUT2D eigenvalue weighted by Gasteiger charge is 2.20. The van der Waals surface area contributed by atoms with Gasteiger partial charge in [-0.2, -0.15) is 5.10 Å². The van der Waals surface area contributed by atoms with Crippen LogP contribution >= 0.6 is 11.3 Å². The number of thiophene rings is 1. The van der Waals surface area contributed by atoms with Crippen LogP contribution in [-0.2, 0) is 16.9 Å². The first-order chi connectivity index (χ1) is 14.7. The Balaban J connectivity index is 1.53. The standard InChI is InChI=1S/C20H16N4O5S2/c1-12-17-11-18(30-20(17)23(2)22-12)19(25)21-13-3-7-15(8-4-13)31(28,29)16-9-5-14(6-10-16)24(26)27/h3-11H,1-2H3,(H,21,25). The third kappa shape index (κ3) is 3.80. The minimum Gasteiger partial charge on any atom is -0.321 e. The van der Waals surface area contributed by atoms with Gasteiger partial charge in [0.05, 0.1) is 25.3 Å². The molecule has 158 valence electrons. The van der Waals surface area contributed by atoms with Crippen LogP contribution in [0, 0.1) is 17.0 Å². The van der Waals surface area contributed by atoms with E-state index in [2.05, 4.69) is 10.4 Å². The van der Waals surface area contributed by atoms with E-state index in [0.717, 1.165) is 28.0 Å². The minimum atomic E-state index is -3.84. The summed E-state index contributed by atoms with van der Waals surface area (Å²) in [6.07, 6.45) is 0. The third-order valence-electron chi connectivity index (χ3n) is 4.70. The molecule has 0 atom stereocenters. The average molecular weight is 457 g/mol. The number of nitro benzene ring substituents is 1. The van der Waals surface area contributed by atoms with Gasteiger partial charge in [0.2, 0.25) is 9.84 Å². The van der Waals surface area contributed by atoms with E-state index in [9.17, 15) is 23.3 Å². The number of aromatic nitrogens is 2. The predicted octanol–water partition coefficient (Wildman–Crippen LogP) is 3.94. The number of hydrogen-bond acceptors (Lipinski definition) is 7. The Kier molecular flexibility index (Phi) is 5.07. The molecule has 0 bridgehead atoms. The summed E-state index contributed by atoms with van der Waals surface area (Å²) in [5.74, 6) is -0.299. The lowest BCUT2D eigenvalue weighted by molar-refractivity contribution is -0.384. The Labute approximate surface area is 181 Å². The number of carbonyl (C=O) groups is 1. The molecule has 1 amide bonds. The third-order valence-corrected chi connectivity index (χ3v) is 7.69. The summed E-state index contributed by atoms with van der Waals surface area (Å²) in [5, 5.41) is 18.7. The Bertz CT molecular complexity index is 1380. The SMILES string of the molecule is Cc1nn(C)c2sc(C(=O)Nc3ccc(S(=O)(=O)c4ccc([N+](=O)[O-])cc4)cc3)cc12. The lowest BCUT2D eigenvalue weighted by Gasteiger charge is -2.07. The molecule has 0 spiro atoms. The van der Waals surface area contributed by atoms with Crippen molar-refractivity contribution in [2.24, 2.45) is 7.05 Å². The molecule has 0 saturated carbocycles. The minimum absolute atomic E-state index is 0.0166. The maximum atomic E-state index is 12.7. The molecule has 31 heavy (non-hydrogen) atoms. The fraction of sp³-hybridized carbons (Fsp3) is 0.100. The Hall–Kier alpha value is -3.57. The van der Waals surface area contributed by atoms with Gasteiger partial charge in [-0.1, -0.05) is 0 Å². The van der Waals surface area contributed by atoms with Crippen molar-refractivity contribution < 1.29 is 18.1 Å². The molecule has 9 nitrogen and oxygen atoms in total. The van der Waals surface area contributed by atoms with Gasteiger partial charge in [0.25, 0.3) is 11.6 Å². The first-order valence-corrected chi connectivity index (χ1v) is 11.3. The maximum absolute atomic E-state index is 12.7. The van der Waals surface area contributed by atoms with Gasteiger partial charge in [-0.05, 0) is 49.4 Å². The van der Waals surface area contributed by atoms with E-state index in [1.807, 2.05) is 14.0 Å². The fourth-order valence-corrected chi connectivity index (χ4v) is 5.39. The lowest BCUT2D eigenvalue weighted by Crippen LogP contribution is -2.10. The second-order valence-electron chi connectivity index (χ2n) is 6.77. The number of anilines is 1. The summed E-state index contributed by atoms with van der Waals surface area (Å²) in [5.41, 5.74) is 1.10. The van der Waals surface area contributed by atoms with E-state index in [1.54, 1.807) is 10.7 Å². The quantitative estimate of drug-likeness (QED) is 0.358. The van der Waals surface area contributed by atoms with Gasteiger partial charge >= 0.3 is 0 Å². The van der Waals surface area contributed by atoms with Gasteiger partial charge in [0.1, 0.15) is 4.83 Å². The number of nitro groups is 1. The number of nitrogens with zero attached hydrogens (tertiary/aromatic N) is 3. The summed E-state index contributed by atoms with van der Waals surface area (Å²) in [4.78, 5) is 24.1. The van der Waals surface area contributed by atoms with E-state index in [4.69, 9.17) is 0 Å². The van der Waals surface area contributed by atoms with Crippen LogP contribution in [-0.4, -0.2) is 29.0 Å². The van der Waals surface area contributed by atoms with Gasteiger partial charge in [0, 0.05) is 30.3 Å². The van der Waals surface area contributed by atoms with Gasteiger partial charge < -0.3 is 5.32 Å². The van der Waals surface area contributed by atoms with Crippen LogP contribution in [0.3, 0.4) is 0 Å². The molecule has 0 aliphatic heterocycles. The van der Waals surface area contributed by atoms with Gasteiger partial charge in [-0.15, -0.1) is 11.3 Å². The molecule has 0 unspecified atom stereocenters. The van der Waals surface area contributed by atoms with Gasteiger partial charge in [0.15, 0.2) is 0 Å². The molecule has 0 fully saturated rings. The van der Waals surface area contributed by atoms with Crippen LogP contribution in [0.4, 0.5) is 11.4 Å². The number of fused-ring (bicyclic) bond motifs is 1. The van der Waals surface area contributed by atoms with Crippen LogP contribution < -0.4 is 5.32 Å². The molecule has 2 aromatic carbocycles. The van der Waals surface area contributed by atoms with Gasteiger partial charge in [-0.3, -0.25) is 19.6 Å². The number of aryl methyl sites for hydroxylation is 2. The zero-order valence-electron chi connectivity index (χ0n) is 16.4. The smallest absolute Gasteiger partial charge is 0.269 e. The van der Waals surface area contributed by atoms with Crippen LogP contribution in [0.2, 0.25) is 0 Å². The molecule has 4 rings (SSSR count). The van der Waals surface area contributed by atoms with E-state index in [0.29, 0.717) is 10.6 Å². The first kappa shape index (κ1) is 20.7. The Morgan fingerprint density at radius 2 is 1.68 bits per heavy atom. The number of sulfone groups is 1. The molecule has 0 saturated heterocycles. The molecular formula is C20H16N4O5S2. The van der Waals surface area contributed by atoms with Crippen molar-refractivity contribution in [2.75, 3.05) is 5.32 Å². The Morgan fingerprint density at radius 1 is 1.10 bits per heavy atom. The first-order valence-electron chi connectivity index (χ1n) is 9.01. The zero-order chi connectivity index (χ0) is 22.3. The van der Waals surface area contributed by atoms with Crippen molar-refractivity contribution in [3.63, 3.8) is 0 Å². The number of carbonyl (C=O) groups excluding carboxylic acids is 1.